The summed E-state index contributed by atoms with van der Waals surface area (Å²) in [5.41, 5.74) is -0.664. The summed E-state index contributed by atoms with van der Waals surface area (Å²) in [6, 6.07) is 0. The fourth-order valence-electron chi connectivity index (χ4n) is 2.39. The van der Waals surface area contributed by atoms with Crippen molar-refractivity contribution in [1.29, 1.82) is 0 Å². The van der Waals surface area contributed by atoms with Crippen LogP contribution in [0.2, 0.25) is 0 Å². The topological polar surface area (TPSA) is 95.9 Å². The van der Waals surface area contributed by atoms with Crippen molar-refractivity contribution in [2.45, 2.75) is 46.6 Å². The molecule has 1 rings (SSSR count). The van der Waals surface area contributed by atoms with E-state index in [1.165, 1.54) is 4.90 Å². The van der Waals surface area contributed by atoms with Gasteiger partial charge in [-0.15, -0.1) is 0 Å². The summed E-state index contributed by atoms with van der Waals surface area (Å²) in [7, 11) is 0. The SMILES string of the molecule is CC(C)CNC(=O)[C@@H]1C[C@H](C(=O)O)CN(C(=O)OC(C)(C)C)C1. The molecule has 1 aliphatic heterocycles. The predicted octanol–water partition coefficient (Wildman–Crippen LogP) is 1.72. The summed E-state index contributed by atoms with van der Waals surface area (Å²) in [5.74, 6) is -2.19. The normalized spacial score (nSPS) is 21.9. The molecule has 0 aliphatic carbocycles. The molecule has 2 atom stereocenters. The molecule has 0 aromatic carbocycles. The van der Waals surface area contributed by atoms with E-state index < -0.39 is 29.5 Å². The van der Waals surface area contributed by atoms with Crippen LogP contribution in [0, 0.1) is 17.8 Å². The van der Waals surface area contributed by atoms with Crippen molar-refractivity contribution in [1.82, 2.24) is 10.2 Å². The summed E-state index contributed by atoms with van der Waals surface area (Å²) < 4.78 is 5.29. The number of nitrogens with one attached hydrogen (secondary N) is 1. The van der Waals surface area contributed by atoms with Crippen molar-refractivity contribution >= 4 is 18.0 Å². The fourth-order valence-corrected chi connectivity index (χ4v) is 2.39. The van der Waals surface area contributed by atoms with Gasteiger partial charge in [0.2, 0.25) is 5.91 Å². The lowest BCUT2D eigenvalue weighted by Crippen LogP contribution is -2.51. The minimum Gasteiger partial charge on any atom is -0.481 e. The molecule has 23 heavy (non-hydrogen) atoms. The molecule has 0 radical (unpaired) electrons. The second kappa shape index (κ2) is 7.66. The standard InChI is InChI=1S/C16H28N2O5/c1-10(2)7-17-13(19)11-6-12(14(20)21)9-18(8-11)15(22)23-16(3,4)5/h10-12H,6-9H2,1-5H3,(H,17,19)(H,20,21)/t11-,12+/m1/s1. The van der Waals surface area contributed by atoms with E-state index in [0.29, 0.717) is 12.5 Å². The van der Waals surface area contributed by atoms with Gasteiger partial charge < -0.3 is 20.1 Å². The number of amides is 2. The van der Waals surface area contributed by atoms with Gasteiger partial charge in [-0.05, 0) is 33.1 Å². The van der Waals surface area contributed by atoms with Crippen LogP contribution >= 0.6 is 0 Å². The predicted molar refractivity (Wildman–Crippen MR) is 84.9 cm³/mol. The number of piperidine rings is 1. The molecular formula is C16H28N2O5. The molecule has 1 aliphatic rings. The van der Waals surface area contributed by atoms with Crippen molar-refractivity contribution in [3.8, 4) is 0 Å². The highest BCUT2D eigenvalue weighted by molar-refractivity contribution is 5.82. The van der Waals surface area contributed by atoms with E-state index in [9.17, 15) is 19.5 Å². The lowest BCUT2D eigenvalue weighted by molar-refractivity contribution is -0.145. The number of likely N-dealkylation sites (tertiary alicyclic amines) is 1. The molecule has 0 aromatic heterocycles. The summed E-state index contributed by atoms with van der Waals surface area (Å²) in [6.07, 6.45) is -0.344. The molecule has 132 valence electrons. The summed E-state index contributed by atoms with van der Waals surface area (Å²) in [6.45, 7) is 9.98. The number of rotatable bonds is 4. The van der Waals surface area contributed by atoms with E-state index in [1.54, 1.807) is 20.8 Å². The first-order valence-corrected chi connectivity index (χ1v) is 7.98. The van der Waals surface area contributed by atoms with Gasteiger partial charge in [0.15, 0.2) is 0 Å². The zero-order chi connectivity index (χ0) is 17.8. The van der Waals surface area contributed by atoms with Crippen LogP contribution < -0.4 is 5.32 Å². The number of ether oxygens (including phenoxy) is 1. The Kier molecular flexibility index (Phi) is 6.41. The Hall–Kier alpha value is -1.79. The number of hydrogen-bond donors (Lipinski definition) is 2. The molecule has 2 amide bonds. The van der Waals surface area contributed by atoms with Gasteiger partial charge in [-0.1, -0.05) is 13.8 Å². The third kappa shape index (κ3) is 6.46. The Balaban J connectivity index is 2.78. The highest BCUT2D eigenvalue weighted by Gasteiger charge is 2.38. The molecule has 0 unspecified atom stereocenters. The van der Waals surface area contributed by atoms with Gasteiger partial charge in [0.25, 0.3) is 0 Å². The number of carboxylic acids is 1. The Morgan fingerprint density at radius 3 is 2.26 bits per heavy atom. The van der Waals surface area contributed by atoms with Gasteiger partial charge in [0, 0.05) is 19.6 Å². The number of carbonyl (C=O) groups excluding carboxylic acids is 2. The minimum atomic E-state index is -1.00. The first-order valence-electron chi connectivity index (χ1n) is 7.98. The Labute approximate surface area is 137 Å². The van der Waals surface area contributed by atoms with Crippen LogP contribution in [0.15, 0.2) is 0 Å². The zero-order valence-electron chi connectivity index (χ0n) is 14.6. The van der Waals surface area contributed by atoms with Gasteiger partial charge in [-0.25, -0.2) is 4.79 Å². The Bertz CT molecular complexity index is 456. The number of carboxylic acid groups (broad SMARTS) is 1. The van der Waals surface area contributed by atoms with E-state index in [2.05, 4.69) is 5.32 Å². The number of aliphatic carboxylic acids is 1. The molecule has 0 aromatic rings. The van der Waals surface area contributed by atoms with Crippen molar-refractivity contribution in [2.75, 3.05) is 19.6 Å². The number of nitrogens with zero attached hydrogens (tertiary/aromatic N) is 1. The van der Waals surface area contributed by atoms with E-state index in [0.717, 1.165) is 0 Å². The molecule has 0 bridgehead atoms. The average Bonchev–Trinajstić information content (AvgIpc) is 2.42. The second-order valence-corrected chi connectivity index (χ2v) is 7.49. The summed E-state index contributed by atoms with van der Waals surface area (Å²) in [4.78, 5) is 37.1. The molecule has 0 spiro atoms. The largest absolute Gasteiger partial charge is 0.481 e. The van der Waals surface area contributed by atoms with Crippen LogP contribution in [-0.2, 0) is 14.3 Å². The fraction of sp³-hybridized carbons (Fsp3) is 0.812. The molecule has 1 fully saturated rings. The van der Waals surface area contributed by atoms with Crippen molar-refractivity contribution in [3.05, 3.63) is 0 Å². The maximum Gasteiger partial charge on any atom is 0.410 e. The first-order chi connectivity index (χ1) is 10.5. The molecule has 0 saturated carbocycles. The highest BCUT2D eigenvalue weighted by atomic mass is 16.6. The van der Waals surface area contributed by atoms with Gasteiger partial charge in [0.05, 0.1) is 11.8 Å². The third-order valence-electron chi connectivity index (χ3n) is 3.51. The molecule has 2 N–H and O–H groups in total. The van der Waals surface area contributed by atoms with Gasteiger partial charge in [0.1, 0.15) is 5.60 Å². The zero-order valence-corrected chi connectivity index (χ0v) is 14.6. The smallest absolute Gasteiger partial charge is 0.410 e. The molecule has 1 saturated heterocycles. The molecule has 7 nitrogen and oxygen atoms in total. The van der Waals surface area contributed by atoms with Crippen LogP contribution in [0.5, 0.6) is 0 Å². The third-order valence-corrected chi connectivity index (χ3v) is 3.51. The van der Waals surface area contributed by atoms with Gasteiger partial charge >= 0.3 is 12.1 Å². The van der Waals surface area contributed by atoms with Crippen LogP contribution in [0.25, 0.3) is 0 Å². The lowest BCUT2D eigenvalue weighted by atomic mass is 9.88. The Morgan fingerprint density at radius 1 is 1.22 bits per heavy atom. The number of hydrogen-bond acceptors (Lipinski definition) is 4. The van der Waals surface area contributed by atoms with Crippen LogP contribution in [0.1, 0.15) is 41.0 Å². The van der Waals surface area contributed by atoms with Crippen molar-refractivity contribution < 1.29 is 24.2 Å². The van der Waals surface area contributed by atoms with E-state index in [-0.39, 0.29) is 25.4 Å². The van der Waals surface area contributed by atoms with E-state index in [1.807, 2.05) is 13.8 Å². The highest BCUT2D eigenvalue weighted by Crippen LogP contribution is 2.24. The van der Waals surface area contributed by atoms with E-state index >= 15 is 0 Å². The van der Waals surface area contributed by atoms with E-state index in [4.69, 9.17) is 4.74 Å². The maximum absolute atomic E-state index is 12.2. The lowest BCUT2D eigenvalue weighted by Gasteiger charge is -2.36. The van der Waals surface area contributed by atoms with Crippen molar-refractivity contribution in [3.63, 3.8) is 0 Å². The van der Waals surface area contributed by atoms with Gasteiger partial charge in [-0.3, -0.25) is 9.59 Å². The van der Waals surface area contributed by atoms with Crippen LogP contribution in [0.3, 0.4) is 0 Å². The average molecular weight is 328 g/mol. The van der Waals surface area contributed by atoms with Crippen molar-refractivity contribution in [2.24, 2.45) is 17.8 Å². The van der Waals surface area contributed by atoms with Crippen LogP contribution in [0.4, 0.5) is 4.79 Å². The molecule has 7 heteroatoms. The molecule has 1 heterocycles. The molecular weight excluding hydrogens is 300 g/mol. The summed E-state index contributed by atoms with van der Waals surface area (Å²) in [5, 5.41) is 12.1. The van der Waals surface area contributed by atoms with Gasteiger partial charge in [-0.2, -0.15) is 0 Å². The first kappa shape index (κ1) is 19.3. The second-order valence-electron chi connectivity index (χ2n) is 7.49. The maximum atomic E-state index is 12.2. The number of carbonyl (C=O) groups is 3. The quantitative estimate of drug-likeness (QED) is 0.819. The summed E-state index contributed by atoms with van der Waals surface area (Å²) >= 11 is 0. The Morgan fingerprint density at radius 2 is 1.78 bits per heavy atom. The van der Waals surface area contributed by atoms with Crippen LogP contribution in [-0.4, -0.2) is 53.2 Å². The monoisotopic (exact) mass is 328 g/mol. The minimum absolute atomic E-state index is 0.0677.